The zero-order chi connectivity index (χ0) is 13.2. The second-order valence-electron chi connectivity index (χ2n) is 5.59. The zero-order valence-electron chi connectivity index (χ0n) is 11.6. The van der Waals surface area contributed by atoms with Gasteiger partial charge in [-0.1, -0.05) is 18.2 Å². The van der Waals surface area contributed by atoms with Gasteiger partial charge in [0.05, 0.1) is 0 Å². The van der Waals surface area contributed by atoms with Gasteiger partial charge in [0.2, 0.25) is 0 Å². The van der Waals surface area contributed by atoms with E-state index in [-0.39, 0.29) is 0 Å². The Bertz CT molecular complexity index is 399. The summed E-state index contributed by atoms with van der Waals surface area (Å²) in [6.07, 6.45) is 3.95. The van der Waals surface area contributed by atoms with E-state index in [9.17, 15) is 0 Å². The van der Waals surface area contributed by atoms with Gasteiger partial charge in [0, 0.05) is 30.7 Å². The van der Waals surface area contributed by atoms with Gasteiger partial charge < -0.3 is 9.80 Å². The summed E-state index contributed by atoms with van der Waals surface area (Å²) in [6, 6.07) is 8.42. The first kappa shape index (κ1) is 13.7. The highest BCUT2D eigenvalue weighted by atomic mass is 35.5. The molecule has 0 unspecified atom stereocenters. The predicted octanol–water partition coefficient (Wildman–Crippen LogP) is 3.35. The van der Waals surface area contributed by atoms with Crippen LogP contribution in [-0.4, -0.2) is 38.1 Å². The third-order valence-corrected chi connectivity index (χ3v) is 4.60. The van der Waals surface area contributed by atoms with Crippen LogP contribution in [-0.2, 0) is 5.88 Å². The molecule has 1 aromatic carbocycles. The maximum absolute atomic E-state index is 6.02. The molecule has 0 saturated heterocycles. The Hall–Kier alpha value is -0.730. The monoisotopic (exact) mass is 266 g/mol. The Balaban J connectivity index is 2.14. The van der Waals surface area contributed by atoms with Crippen molar-refractivity contribution in [3.8, 4) is 0 Å². The largest absolute Gasteiger partial charge is 0.372 e. The van der Waals surface area contributed by atoms with Crippen LogP contribution in [0.5, 0.6) is 0 Å². The molecule has 0 N–H and O–H groups in total. The van der Waals surface area contributed by atoms with Gasteiger partial charge in [-0.15, -0.1) is 11.6 Å². The standard InChI is InChI=1S/C15H23ClN2/c1-17(2)15(9-6-10-15)12-18(3)14-8-5-4-7-13(14)11-16/h4-5,7-8H,6,9-12H2,1-3H3. The van der Waals surface area contributed by atoms with Crippen molar-refractivity contribution in [3.05, 3.63) is 29.8 Å². The van der Waals surface area contributed by atoms with Gasteiger partial charge in [-0.2, -0.15) is 0 Å². The van der Waals surface area contributed by atoms with Crippen molar-refractivity contribution in [2.45, 2.75) is 30.7 Å². The molecule has 18 heavy (non-hydrogen) atoms. The average molecular weight is 267 g/mol. The molecule has 0 aliphatic heterocycles. The molecule has 1 saturated carbocycles. The maximum atomic E-state index is 6.02. The van der Waals surface area contributed by atoms with Gasteiger partial charge in [0.25, 0.3) is 0 Å². The number of anilines is 1. The number of para-hydroxylation sites is 1. The normalized spacial score (nSPS) is 17.6. The van der Waals surface area contributed by atoms with Crippen molar-refractivity contribution in [3.63, 3.8) is 0 Å². The summed E-state index contributed by atoms with van der Waals surface area (Å²) in [5.74, 6) is 0.579. The molecular formula is C15H23ClN2. The molecule has 2 rings (SSSR count). The molecule has 0 heterocycles. The molecule has 2 nitrogen and oxygen atoms in total. The molecule has 0 spiro atoms. The topological polar surface area (TPSA) is 6.48 Å². The maximum Gasteiger partial charge on any atom is 0.0494 e. The minimum absolute atomic E-state index is 0.355. The third-order valence-electron chi connectivity index (χ3n) is 4.31. The van der Waals surface area contributed by atoms with Crippen molar-refractivity contribution in [1.29, 1.82) is 0 Å². The molecule has 0 aromatic heterocycles. The summed E-state index contributed by atoms with van der Waals surface area (Å²) >= 11 is 6.02. The SMILES string of the molecule is CN(CC1(N(C)C)CCC1)c1ccccc1CCl. The number of halogens is 1. The highest BCUT2D eigenvalue weighted by Gasteiger charge is 2.40. The molecule has 0 radical (unpaired) electrons. The van der Waals surface area contributed by atoms with Crippen LogP contribution < -0.4 is 4.90 Å². The van der Waals surface area contributed by atoms with Gasteiger partial charge >= 0.3 is 0 Å². The number of alkyl halides is 1. The second-order valence-corrected chi connectivity index (χ2v) is 5.86. The molecular weight excluding hydrogens is 244 g/mol. The number of rotatable bonds is 5. The van der Waals surface area contributed by atoms with Gasteiger partial charge in [-0.3, -0.25) is 0 Å². The highest BCUT2D eigenvalue weighted by Crippen LogP contribution is 2.37. The van der Waals surface area contributed by atoms with E-state index < -0.39 is 0 Å². The van der Waals surface area contributed by atoms with E-state index in [2.05, 4.69) is 55.2 Å². The first-order valence-electron chi connectivity index (χ1n) is 6.61. The first-order chi connectivity index (χ1) is 8.59. The number of likely N-dealkylation sites (N-methyl/N-ethyl adjacent to an activating group) is 2. The van der Waals surface area contributed by atoms with Crippen LogP contribution in [0, 0.1) is 0 Å². The van der Waals surface area contributed by atoms with Crippen LogP contribution in [0.2, 0.25) is 0 Å². The van der Waals surface area contributed by atoms with Crippen LogP contribution in [0.25, 0.3) is 0 Å². The highest BCUT2D eigenvalue weighted by molar-refractivity contribution is 6.17. The van der Waals surface area contributed by atoms with Gasteiger partial charge in [0.15, 0.2) is 0 Å². The van der Waals surface area contributed by atoms with Crippen molar-refractivity contribution < 1.29 is 0 Å². The first-order valence-corrected chi connectivity index (χ1v) is 7.15. The lowest BCUT2D eigenvalue weighted by molar-refractivity contribution is 0.0683. The van der Waals surface area contributed by atoms with Crippen LogP contribution in [0.4, 0.5) is 5.69 Å². The summed E-state index contributed by atoms with van der Waals surface area (Å²) in [6.45, 7) is 1.08. The van der Waals surface area contributed by atoms with Crippen LogP contribution in [0.1, 0.15) is 24.8 Å². The number of benzene rings is 1. The number of nitrogens with zero attached hydrogens (tertiary/aromatic N) is 2. The summed E-state index contributed by atoms with van der Waals surface area (Å²) in [5.41, 5.74) is 2.84. The fraction of sp³-hybridized carbons (Fsp3) is 0.600. The Morgan fingerprint density at radius 3 is 2.33 bits per heavy atom. The van der Waals surface area contributed by atoms with Crippen molar-refractivity contribution in [2.24, 2.45) is 0 Å². The van der Waals surface area contributed by atoms with E-state index >= 15 is 0 Å². The minimum atomic E-state index is 0.355. The summed E-state index contributed by atoms with van der Waals surface area (Å²) in [4.78, 5) is 4.74. The fourth-order valence-corrected chi connectivity index (χ4v) is 3.08. The molecule has 1 aliphatic carbocycles. The van der Waals surface area contributed by atoms with Gasteiger partial charge in [0.1, 0.15) is 0 Å². The van der Waals surface area contributed by atoms with E-state index in [1.54, 1.807) is 0 Å². The summed E-state index contributed by atoms with van der Waals surface area (Å²) in [7, 11) is 6.57. The lowest BCUT2D eigenvalue weighted by Gasteiger charge is -2.49. The molecule has 0 bridgehead atoms. The van der Waals surface area contributed by atoms with E-state index in [4.69, 9.17) is 11.6 Å². The molecule has 3 heteroatoms. The lowest BCUT2D eigenvalue weighted by atomic mass is 9.75. The van der Waals surface area contributed by atoms with Gasteiger partial charge in [-0.05, 0) is 45.0 Å². The summed E-state index contributed by atoms with van der Waals surface area (Å²) in [5, 5.41) is 0. The number of hydrogen-bond acceptors (Lipinski definition) is 2. The van der Waals surface area contributed by atoms with Crippen LogP contribution >= 0.6 is 11.6 Å². The smallest absolute Gasteiger partial charge is 0.0494 e. The Kier molecular flexibility index (Phi) is 4.18. The van der Waals surface area contributed by atoms with Crippen LogP contribution in [0.3, 0.4) is 0 Å². The van der Waals surface area contributed by atoms with Crippen LogP contribution in [0.15, 0.2) is 24.3 Å². The second kappa shape index (κ2) is 5.50. The van der Waals surface area contributed by atoms with Crippen molar-refractivity contribution >= 4 is 17.3 Å². The Labute approximate surface area is 116 Å². The van der Waals surface area contributed by atoms with E-state index in [0.29, 0.717) is 11.4 Å². The third kappa shape index (κ3) is 2.50. The average Bonchev–Trinajstić information content (AvgIpc) is 2.33. The minimum Gasteiger partial charge on any atom is -0.372 e. The Morgan fingerprint density at radius 1 is 1.17 bits per heavy atom. The quantitative estimate of drug-likeness (QED) is 0.754. The zero-order valence-corrected chi connectivity index (χ0v) is 12.4. The summed E-state index contributed by atoms with van der Waals surface area (Å²) < 4.78 is 0. The number of hydrogen-bond donors (Lipinski definition) is 0. The molecule has 100 valence electrons. The van der Waals surface area contributed by atoms with Gasteiger partial charge in [-0.25, -0.2) is 0 Å². The predicted molar refractivity (Wildman–Crippen MR) is 79.5 cm³/mol. The van der Waals surface area contributed by atoms with E-state index in [1.165, 1.54) is 30.5 Å². The molecule has 0 atom stereocenters. The molecule has 1 fully saturated rings. The lowest BCUT2D eigenvalue weighted by Crippen LogP contribution is -2.56. The van der Waals surface area contributed by atoms with Crippen molar-refractivity contribution in [2.75, 3.05) is 32.6 Å². The van der Waals surface area contributed by atoms with Crippen molar-refractivity contribution in [1.82, 2.24) is 4.90 Å². The fourth-order valence-electron chi connectivity index (χ4n) is 2.85. The Morgan fingerprint density at radius 2 is 1.83 bits per heavy atom. The van der Waals surface area contributed by atoms with E-state index in [1.807, 2.05) is 0 Å². The van der Waals surface area contributed by atoms with E-state index in [0.717, 1.165) is 6.54 Å². The molecule has 0 amide bonds. The molecule has 1 aromatic rings. The molecule has 1 aliphatic rings.